The maximum absolute atomic E-state index is 11.3. The van der Waals surface area contributed by atoms with Gasteiger partial charge in [-0.2, -0.15) is 0 Å². The van der Waals surface area contributed by atoms with Crippen molar-refractivity contribution in [2.24, 2.45) is 0 Å². The zero-order chi connectivity index (χ0) is 15.4. The fourth-order valence-corrected chi connectivity index (χ4v) is 2.48. The normalized spacial score (nSPS) is 12.2. The van der Waals surface area contributed by atoms with Crippen molar-refractivity contribution >= 4 is 12.0 Å². The fourth-order valence-electron chi connectivity index (χ4n) is 2.48. The molecule has 1 aliphatic heterocycles. The molecule has 0 saturated heterocycles. The molecular formula is C18H19NO3. The van der Waals surface area contributed by atoms with Gasteiger partial charge in [0, 0.05) is 17.8 Å². The summed E-state index contributed by atoms with van der Waals surface area (Å²) in [4.78, 5) is 11.3. The highest BCUT2D eigenvalue weighted by Crippen LogP contribution is 2.38. The Bertz CT molecular complexity index is 665. The number of ether oxygens (including phenoxy) is 2. The first kappa shape index (κ1) is 14.4. The lowest BCUT2D eigenvalue weighted by atomic mass is 9.99. The van der Waals surface area contributed by atoms with Crippen LogP contribution in [0.5, 0.6) is 11.5 Å². The van der Waals surface area contributed by atoms with E-state index in [0.29, 0.717) is 17.1 Å². The minimum atomic E-state index is 0.206. The number of hydrogen-bond donors (Lipinski definition) is 1. The lowest BCUT2D eigenvalue weighted by Gasteiger charge is -2.09. The number of nitrogens with one attached hydrogen (secondary N) is 1. The van der Waals surface area contributed by atoms with E-state index >= 15 is 0 Å². The lowest BCUT2D eigenvalue weighted by molar-refractivity contribution is 0.112. The predicted molar refractivity (Wildman–Crippen MR) is 86.8 cm³/mol. The minimum Gasteiger partial charge on any atom is -0.454 e. The molecule has 0 fully saturated rings. The van der Waals surface area contributed by atoms with Crippen molar-refractivity contribution in [3.05, 3.63) is 42.0 Å². The number of carbonyl (C=O) groups is 1. The summed E-state index contributed by atoms with van der Waals surface area (Å²) in [6.07, 6.45) is 3.18. The van der Waals surface area contributed by atoms with Gasteiger partial charge in [0.1, 0.15) is 0 Å². The Kier molecular flexibility index (Phi) is 4.28. The first-order valence-electron chi connectivity index (χ1n) is 7.55. The Morgan fingerprint density at radius 1 is 1.14 bits per heavy atom. The van der Waals surface area contributed by atoms with Crippen LogP contribution in [0.4, 0.5) is 5.69 Å². The second kappa shape index (κ2) is 6.52. The molecule has 0 bridgehead atoms. The van der Waals surface area contributed by atoms with Crippen LogP contribution in [0.25, 0.3) is 11.1 Å². The van der Waals surface area contributed by atoms with Crippen LogP contribution in [0, 0.1) is 0 Å². The Morgan fingerprint density at radius 2 is 1.86 bits per heavy atom. The molecular weight excluding hydrogens is 278 g/mol. The summed E-state index contributed by atoms with van der Waals surface area (Å²) in [6, 6.07) is 11.7. The van der Waals surface area contributed by atoms with Gasteiger partial charge in [0.2, 0.25) is 6.79 Å². The number of hydrogen-bond acceptors (Lipinski definition) is 4. The summed E-state index contributed by atoms with van der Waals surface area (Å²) in [5.41, 5.74) is 3.54. The Balaban J connectivity index is 1.86. The first-order chi connectivity index (χ1) is 10.8. The highest BCUT2D eigenvalue weighted by molar-refractivity contribution is 5.89. The van der Waals surface area contributed by atoms with Crippen LogP contribution in [-0.2, 0) is 0 Å². The van der Waals surface area contributed by atoms with E-state index in [1.165, 1.54) is 6.42 Å². The van der Waals surface area contributed by atoms with Gasteiger partial charge in [-0.05, 0) is 41.8 Å². The van der Waals surface area contributed by atoms with E-state index in [0.717, 1.165) is 36.1 Å². The molecule has 0 radical (unpaired) electrons. The van der Waals surface area contributed by atoms with Crippen molar-refractivity contribution in [2.75, 3.05) is 18.7 Å². The molecule has 1 N–H and O–H groups in total. The van der Waals surface area contributed by atoms with Crippen molar-refractivity contribution < 1.29 is 14.3 Å². The van der Waals surface area contributed by atoms with Crippen LogP contribution in [0.3, 0.4) is 0 Å². The second-order valence-electron chi connectivity index (χ2n) is 5.27. The average Bonchev–Trinajstić information content (AvgIpc) is 3.02. The molecule has 0 aliphatic carbocycles. The van der Waals surface area contributed by atoms with Crippen LogP contribution in [-0.4, -0.2) is 19.6 Å². The molecule has 3 rings (SSSR count). The van der Waals surface area contributed by atoms with E-state index in [2.05, 4.69) is 12.2 Å². The van der Waals surface area contributed by atoms with Crippen LogP contribution in [0.1, 0.15) is 30.1 Å². The van der Waals surface area contributed by atoms with Crippen LogP contribution in [0.2, 0.25) is 0 Å². The average molecular weight is 297 g/mol. The summed E-state index contributed by atoms with van der Waals surface area (Å²) >= 11 is 0. The van der Waals surface area contributed by atoms with E-state index in [1.54, 1.807) is 6.07 Å². The summed E-state index contributed by atoms with van der Waals surface area (Å²) < 4.78 is 10.7. The Morgan fingerprint density at radius 3 is 2.55 bits per heavy atom. The largest absolute Gasteiger partial charge is 0.454 e. The van der Waals surface area contributed by atoms with Gasteiger partial charge in [0.25, 0.3) is 0 Å². The molecule has 114 valence electrons. The summed E-state index contributed by atoms with van der Waals surface area (Å²) in [6.45, 7) is 3.35. The second-order valence-corrected chi connectivity index (χ2v) is 5.27. The molecule has 4 heteroatoms. The van der Waals surface area contributed by atoms with Crippen molar-refractivity contribution in [1.82, 2.24) is 0 Å². The van der Waals surface area contributed by atoms with Gasteiger partial charge in [0.05, 0.1) is 0 Å². The molecule has 1 aliphatic rings. The SMILES string of the molecule is CCCCNc1ccc(-c2cc3c(cc2C=O)OCO3)cc1. The summed E-state index contributed by atoms with van der Waals surface area (Å²) in [5, 5.41) is 3.38. The van der Waals surface area contributed by atoms with Crippen LogP contribution in [0.15, 0.2) is 36.4 Å². The van der Waals surface area contributed by atoms with Crippen molar-refractivity contribution in [3.63, 3.8) is 0 Å². The quantitative estimate of drug-likeness (QED) is 0.644. The molecule has 0 spiro atoms. The zero-order valence-corrected chi connectivity index (χ0v) is 12.6. The van der Waals surface area contributed by atoms with E-state index in [4.69, 9.17) is 9.47 Å². The molecule has 0 saturated carbocycles. The topological polar surface area (TPSA) is 47.6 Å². The van der Waals surface area contributed by atoms with Gasteiger partial charge in [-0.25, -0.2) is 0 Å². The fraction of sp³-hybridized carbons (Fsp3) is 0.278. The van der Waals surface area contributed by atoms with E-state index in [1.807, 2.05) is 30.3 Å². The summed E-state index contributed by atoms with van der Waals surface area (Å²) in [7, 11) is 0. The predicted octanol–water partition coefficient (Wildman–Crippen LogP) is 4.11. The van der Waals surface area contributed by atoms with Gasteiger partial charge >= 0.3 is 0 Å². The molecule has 2 aromatic rings. The van der Waals surface area contributed by atoms with Gasteiger partial charge in [0.15, 0.2) is 17.8 Å². The molecule has 0 aromatic heterocycles. The van der Waals surface area contributed by atoms with E-state index in [-0.39, 0.29) is 6.79 Å². The maximum Gasteiger partial charge on any atom is 0.231 e. The Hall–Kier alpha value is -2.49. The molecule has 4 nitrogen and oxygen atoms in total. The third-order valence-electron chi connectivity index (χ3n) is 3.73. The van der Waals surface area contributed by atoms with Gasteiger partial charge in [-0.15, -0.1) is 0 Å². The lowest BCUT2D eigenvalue weighted by Crippen LogP contribution is -2.00. The van der Waals surface area contributed by atoms with Gasteiger partial charge in [-0.1, -0.05) is 25.5 Å². The van der Waals surface area contributed by atoms with E-state index < -0.39 is 0 Å². The number of fused-ring (bicyclic) bond motifs is 1. The molecule has 0 amide bonds. The third-order valence-corrected chi connectivity index (χ3v) is 3.73. The molecule has 1 heterocycles. The maximum atomic E-state index is 11.3. The number of unbranched alkanes of at least 4 members (excludes halogenated alkanes) is 1. The monoisotopic (exact) mass is 297 g/mol. The van der Waals surface area contributed by atoms with Crippen LogP contribution >= 0.6 is 0 Å². The zero-order valence-electron chi connectivity index (χ0n) is 12.6. The molecule has 0 unspecified atom stereocenters. The summed E-state index contributed by atoms with van der Waals surface area (Å²) in [5.74, 6) is 1.31. The number of carbonyl (C=O) groups excluding carboxylic acids is 1. The first-order valence-corrected chi connectivity index (χ1v) is 7.55. The molecule has 0 atom stereocenters. The van der Waals surface area contributed by atoms with E-state index in [9.17, 15) is 4.79 Å². The van der Waals surface area contributed by atoms with Gasteiger partial charge in [-0.3, -0.25) is 4.79 Å². The van der Waals surface area contributed by atoms with Gasteiger partial charge < -0.3 is 14.8 Å². The smallest absolute Gasteiger partial charge is 0.231 e. The standard InChI is InChI=1S/C18H19NO3/c1-2-3-8-19-15-6-4-13(5-7-15)16-10-18-17(21-12-22-18)9-14(16)11-20/h4-7,9-11,19H,2-3,8,12H2,1H3. The Labute approximate surface area is 130 Å². The molecule has 2 aromatic carbocycles. The minimum absolute atomic E-state index is 0.206. The van der Waals surface area contributed by atoms with Crippen LogP contribution < -0.4 is 14.8 Å². The number of rotatable bonds is 6. The number of anilines is 1. The highest BCUT2D eigenvalue weighted by atomic mass is 16.7. The highest BCUT2D eigenvalue weighted by Gasteiger charge is 2.17. The molecule has 22 heavy (non-hydrogen) atoms. The number of aldehydes is 1. The van der Waals surface area contributed by atoms with Crippen molar-refractivity contribution in [1.29, 1.82) is 0 Å². The van der Waals surface area contributed by atoms with Crippen molar-refractivity contribution in [3.8, 4) is 22.6 Å². The number of benzene rings is 2. The van der Waals surface area contributed by atoms with Crippen molar-refractivity contribution in [2.45, 2.75) is 19.8 Å². The third kappa shape index (κ3) is 2.91.